The van der Waals surface area contributed by atoms with Crippen LogP contribution in [0.2, 0.25) is 0 Å². The van der Waals surface area contributed by atoms with Crippen LogP contribution in [0.5, 0.6) is 0 Å². The van der Waals surface area contributed by atoms with Crippen LogP contribution in [0.1, 0.15) is 31.7 Å². The Hall–Kier alpha value is -1.91. The monoisotopic (exact) mass is 250 g/mol. The standard InChI is InChI=1S/C13H15FN2O2/c1-8(2)9-3-4-11(10(14)7-9)16-6-5-12(17)15-13(16)18/h3-4,7-8H,5-6H2,1-2H3,(H,15,17,18). The van der Waals surface area contributed by atoms with E-state index in [1.54, 1.807) is 12.1 Å². The number of hydrogen-bond acceptors (Lipinski definition) is 2. The molecule has 2 rings (SSSR count). The first-order chi connectivity index (χ1) is 8.49. The Balaban J connectivity index is 2.28. The van der Waals surface area contributed by atoms with E-state index in [1.807, 2.05) is 13.8 Å². The molecule has 0 saturated carbocycles. The number of nitrogens with one attached hydrogen (secondary N) is 1. The van der Waals surface area contributed by atoms with Crippen LogP contribution in [0, 0.1) is 5.82 Å². The van der Waals surface area contributed by atoms with Crippen molar-refractivity contribution >= 4 is 17.6 Å². The van der Waals surface area contributed by atoms with Gasteiger partial charge in [-0.05, 0) is 23.6 Å². The minimum Gasteiger partial charge on any atom is -0.291 e. The van der Waals surface area contributed by atoms with Crippen LogP contribution >= 0.6 is 0 Å². The lowest BCUT2D eigenvalue weighted by molar-refractivity contribution is -0.120. The molecule has 1 fully saturated rings. The van der Waals surface area contributed by atoms with Gasteiger partial charge in [-0.3, -0.25) is 15.0 Å². The van der Waals surface area contributed by atoms with Gasteiger partial charge in [-0.25, -0.2) is 9.18 Å². The zero-order chi connectivity index (χ0) is 13.3. The zero-order valence-corrected chi connectivity index (χ0v) is 10.4. The molecule has 1 aromatic carbocycles. The second-order valence-corrected chi connectivity index (χ2v) is 4.62. The fraction of sp³-hybridized carbons (Fsp3) is 0.385. The van der Waals surface area contributed by atoms with E-state index < -0.39 is 11.8 Å². The summed E-state index contributed by atoms with van der Waals surface area (Å²) in [6.45, 7) is 4.16. The molecule has 1 N–H and O–H groups in total. The molecule has 5 heteroatoms. The van der Waals surface area contributed by atoms with Gasteiger partial charge in [-0.15, -0.1) is 0 Å². The number of imide groups is 1. The number of amides is 3. The molecule has 18 heavy (non-hydrogen) atoms. The molecule has 0 radical (unpaired) electrons. The predicted octanol–water partition coefficient (Wildman–Crippen LogP) is 2.40. The fourth-order valence-corrected chi connectivity index (χ4v) is 1.90. The van der Waals surface area contributed by atoms with Crippen molar-refractivity contribution in [2.45, 2.75) is 26.2 Å². The molecule has 0 aromatic heterocycles. The summed E-state index contributed by atoms with van der Waals surface area (Å²) in [5.74, 6) is -0.536. The topological polar surface area (TPSA) is 49.4 Å². The molecule has 0 atom stereocenters. The summed E-state index contributed by atoms with van der Waals surface area (Å²) < 4.78 is 14.0. The van der Waals surface area contributed by atoms with Crippen LogP contribution in [0.25, 0.3) is 0 Å². The van der Waals surface area contributed by atoms with E-state index >= 15 is 0 Å². The number of halogens is 1. The molecule has 4 nitrogen and oxygen atoms in total. The fourth-order valence-electron chi connectivity index (χ4n) is 1.90. The number of nitrogens with zero attached hydrogens (tertiary/aromatic N) is 1. The van der Waals surface area contributed by atoms with Crippen molar-refractivity contribution in [3.05, 3.63) is 29.6 Å². The number of rotatable bonds is 2. The summed E-state index contributed by atoms with van der Waals surface area (Å²) in [6, 6.07) is 4.25. The summed E-state index contributed by atoms with van der Waals surface area (Å²) in [5, 5.41) is 2.17. The van der Waals surface area contributed by atoms with Gasteiger partial charge in [-0.1, -0.05) is 19.9 Å². The Morgan fingerprint density at radius 2 is 2.06 bits per heavy atom. The van der Waals surface area contributed by atoms with Crippen LogP contribution in [0.15, 0.2) is 18.2 Å². The number of anilines is 1. The molecule has 3 amide bonds. The third kappa shape index (κ3) is 2.34. The molecule has 1 aromatic rings. The Labute approximate surface area is 105 Å². The largest absolute Gasteiger partial charge is 0.328 e. The second-order valence-electron chi connectivity index (χ2n) is 4.62. The second kappa shape index (κ2) is 4.76. The van der Waals surface area contributed by atoms with Gasteiger partial charge in [0, 0.05) is 13.0 Å². The number of carbonyl (C=O) groups is 2. The molecule has 0 bridgehead atoms. The number of carbonyl (C=O) groups excluding carboxylic acids is 2. The van der Waals surface area contributed by atoms with E-state index in [-0.39, 0.29) is 30.5 Å². The minimum atomic E-state index is -0.567. The van der Waals surface area contributed by atoms with Crippen molar-refractivity contribution in [2.24, 2.45) is 0 Å². The molecule has 1 saturated heterocycles. The van der Waals surface area contributed by atoms with Crippen molar-refractivity contribution in [1.82, 2.24) is 5.32 Å². The number of hydrogen-bond donors (Lipinski definition) is 1. The van der Waals surface area contributed by atoms with Crippen molar-refractivity contribution in [3.8, 4) is 0 Å². The molecule has 1 aliphatic rings. The van der Waals surface area contributed by atoms with Crippen molar-refractivity contribution < 1.29 is 14.0 Å². The maximum Gasteiger partial charge on any atom is 0.328 e. The van der Waals surface area contributed by atoms with Crippen molar-refractivity contribution in [3.63, 3.8) is 0 Å². The smallest absolute Gasteiger partial charge is 0.291 e. The average Bonchev–Trinajstić information content (AvgIpc) is 2.30. The minimum absolute atomic E-state index is 0.192. The van der Waals surface area contributed by atoms with E-state index in [0.717, 1.165) is 5.56 Å². The predicted molar refractivity (Wildman–Crippen MR) is 66.0 cm³/mol. The van der Waals surface area contributed by atoms with E-state index in [9.17, 15) is 14.0 Å². The molecule has 96 valence electrons. The summed E-state index contributed by atoms with van der Waals surface area (Å²) in [5.41, 5.74) is 1.09. The lowest BCUT2D eigenvalue weighted by Crippen LogP contribution is -2.49. The molecule has 1 aliphatic heterocycles. The maximum atomic E-state index is 14.0. The normalized spacial score (nSPS) is 16.1. The van der Waals surface area contributed by atoms with Gasteiger partial charge in [0.2, 0.25) is 5.91 Å². The first kappa shape index (κ1) is 12.5. The van der Waals surface area contributed by atoms with Gasteiger partial charge in [0.05, 0.1) is 5.69 Å². The molecule has 0 spiro atoms. The molecule has 0 unspecified atom stereocenters. The summed E-state index contributed by atoms with van der Waals surface area (Å²) in [7, 11) is 0. The van der Waals surface area contributed by atoms with Gasteiger partial charge in [-0.2, -0.15) is 0 Å². The van der Waals surface area contributed by atoms with Gasteiger partial charge in [0.1, 0.15) is 5.82 Å². The Bertz CT molecular complexity index is 500. The third-order valence-electron chi connectivity index (χ3n) is 2.98. The van der Waals surface area contributed by atoms with Gasteiger partial charge in [0.25, 0.3) is 0 Å². The zero-order valence-electron chi connectivity index (χ0n) is 10.4. The number of benzene rings is 1. The van der Waals surface area contributed by atoms with Gasteiger partial charge >= 0.3 is 6.03 Å². The third-order valence-corrected chi connectivity index (χ3v) is 2.98. The Morgan fingerprint density at radius 3 is 2.61 bits per heavy atom. The highest BCUT2D eigenvalue weighted by atomic mass is 19.1. The number of urea groups is 1. The Kier molecular flexibility index (Phi) is 3.32. The highest BCUT2D eigenvalue weighted by Crippen LogP contribution is 2.25. The highest BCUT2D eigenvalue weighted by Gasteiger charge is 2.26. The van der Waals surface area contributed by atoms with Crippen LogP contribution < -0.4 is 10.2 Å². The van der Waals surface area contributed by atoms with Crippen molar-refractivity contribution in [2.75, 3.05) is 11.4 Å². The Morgan fingerprint density at radius 1 is 1.33 bits per heavy atom. The quantitative estimate of drug-likeness (QED) is 0.876. The van der Waals surface area contributed by atoms with Crippen molar-refractivity contribution in [1.29, 1.82) is 0 Å². The first-order valence-electron chi connectivity index (χ1n) is 5.90. The summed E-state index contributed by atoms with van der Waals surface area (Å²) in [4.78, 5) is 23.9. The van der Waals surface area contributed by atoms with Crippen LogP contribution in [-0.4, -0.2) is 18.5 Å². The van der Waals surface area contributed by atoms with E-state index in [2.05, 4.69) is 5.32 Å². The highest BCUT2D eigenvalue weighted by molar-refractivity contribution is 6.05. The lowest BCUT2D eigenvalue weighted by atomic mass is 10.0. The SMILES string of the molecule is CC(C)c1ccc(N2CCC(=O)NC2=O)c(F)c1. The first-order valence-corrected chi connectivity index (χ1v) is 5.90. The van der Waals surface area contributed by atoms with Crippen LogP contribution in [0.4, 0.5) is 14.9 Å². The van der Waals surface area contributed by atoms with E-state index in [0.29, 0.717) is 0 Å². The lowest BCUT2D eigenvalue weighted by Gasteiger charge is -2.27. The molecular weight excluding hydrogens is 235 g/mol. The van der Waals surface area contributed by atoms with Gasteiger partial charge < -0.3 is 0 Å². The van der Waals surface area contributed by atoms with Crippen LogP contribution in [0.3, 0.4) is 0 Å². The van der Waals surface area contributed by atoms with E-state index in [4.69, 9.17) is 0 Å². The molecule has 0 aliphatic carbocycles. The summed E-state index contributed by atoms with van der Waals surface area (Å²) in [6.07, 6.45) is 0.192. The van der Waals surface area contributed by atoms with E-state index in [1.165, 1.54) is 11.0 Å². The molecule has 1 heterocycles. The molecular formula is C13H15FN2O2. The van der Waals surface area contributed by atoms with Crippen LogP contribution in [-0.2, 0) is 4.79 Å². The average molecular weight is 250 g/mol. The van der Waals surface area contributed by atoms with Gasteiger partial charge in [0.15, 0.2) is 0 Å². The maximum absolute atomic E-state index is 14.0. The summed E-state index contributed by atoms with van der Waals surface area (Å²) >= 11 is 0.